The van der Waals surface area contributed by atoms with Crippen LogP contribution in [0.4, 0.5) is 0 Å². The zero-order chi connectivity index (χ0) is 18.5. The molecule has 0 bridgehead atoms. The van der Waals surface area contributed by atoms with Crippen molar-refractivity contribution in [3.8, 4) is 0 Å². The Labute approximate surface area is 155 Å². The highest BCUT2D eigenvalue weighted by atomic mass is 16.5. The lowest BCUT2D eigenvalue weighted by Crippen LogP contribution is -2.38. The molecule has 26 heavy (non-hydrogen) atoms. The van der Waals surface area contributed by atoms with Crippen LogP contribution in [0.2, 0.25) is 0 Å². The Morgan fingerprint density at radius 2 is 2.04 bits per heavy atom. The predicted molar refractivity (Wildman–Crippen MR) is 101 cm³/mol. The van der Waals surface area contributed by atoms with Gasteiger partial charge in [0.15, 0.2) is 0 Å². The van der Waals surface area contributed by atoms with Crippen molar-refractivity contribution in [3.05, 3.63) is 53.6 Å². The number of carbonyl (C=O) groups excluding carboxylic acids is 1. The molecule has 0 saturated carbocycles. The van der Waals surface area contributed by atoms with E-state index in [0.717, 1.165) is 31.2 Å². The summed E-state index contributed by atoms with van der Waals surface area (Å²) in [4.78, 5) is 20.6. The first kappa shape index (κ1) is 18.6. The topological polar surface area (TPSA) is 50.6 Å². The summed E-state index contributed by atoms with van der Waals surface area (Å²) in [5.41, 5.74) is 2.05. The van der Waals surface area contributed by atoms with Gasteiger partial charge in [-0.05, 0) is 12.5 Å². The van der Waals surface area contributed by atoms with E-state index in [1.165, 1.54) is 5.56 Å². The van der Waals surface area contributed by atoms with E-state index >= 15 is 0 Å². The van der Waals surface area contributed by atoms with Crippen LogP contribution >= 0.6 is 0 Å². The van der Waals surface area contributed by atoms with Crippen molar-refractivity contribution in [3.63, 3.8) is 0 Å². The van der Waals surface area contributed by atoms with Crippen molar-refractivity contribution < 1.29 is 9.53 Å². The van der Waals surface area contributed by atoms with Crippen molar-refractivity contribution in [1.82, 2.24) is 19.4 Å². The van der Waals surface area contributed by atoms with Crippen LogP contribution in [0, 0.1) is 0 Å². The Kier molecular flexibility index (Phi) is 6.06. The maximum atomic E-state index is 11.9. The molecule has 1 aromatic carbocycles. The Bertz CT molecular complexity index is 727. The molecule has 2 heterocycles. The van der Waals surface area contributed by atoms with Crippen LogP contribution in [0.1, 0.15) is 30.0 Å². The van der Waals surface area contributed by atoms with Crippen LogP contribution in [0.5, 0.6) is 0 Å². The fraction of sp³-hybridized carbons (Fsp3) is 0.500. The molecule has 1 aliphatic rings. The zero-order valence-electron chi connectivity index (χ0n) is 15.9. The Hall–Kier alpha value is -2.18. The van der Waals surface area contributed by atoms with Gasteiger partial charge in [-0.25, -0.2) is 4.98 Å². The molecule has 140 valence electrons. The average molecular weight is 356 g/mol. The van der Waals surface area contributed by atoms with Crippen molar-refractivity contribution in [1.29, 1.82) is 0 Å². The summed E-state index contributed by atoms with van der Waals surface area (Å²) in [5.74, 6) is 1.13. The smallest absolute Gasteiger partial charge is 0.228 e. The molecule has 1 atom stereocenters. The van der Waals surface area contributed by atoms with Gasteiger partial charge >= 0.3 is 0 Å². The minimum atomic E-state index is 0.0827. The van der Waals surface area contributed by atoms with Crippen molar-refractivity contribution in [2.75, 3.05) is 33.8 Å². The maximum absolute atomic E-state index is 11.9. The predicted octanol–water partition coefficient (Wildman–Crippen LogP) is 2.11. The third kappa shape index (κ3) is 4.51. The number of nitrogens with zero attached hydrogens (tertiary/aromatic N) is 4. The molecule has 0 unspecified atom stereocenters. The number of ether oxygens (including phenoxy) is 1. The number of hydrogen-bond donors (Lipinski definition) is 0. The summed E-state index contributed by atoms with van der Waals surface area (Å²) in [6.45, 7) is 6.28. The number of aromatic nitrogens is 2. The standard InChI is InChI=1S/C20H28N4O2/c1-16-20-21-18(13-19(25)22(2)3)14-24(20)10-9-23(16)11-12-26-15-17-7-5-4-6-8-17/h4-8,14,16H,9-13,15H2,1-3H3/t16-/m1/s1. The number of amides is 1. The molecule has 0 fully saturated rings. The minimum absolute atomic E-state index is 0.0827. The van der Waals surface area contributed by atoms with Crippen LogP contribution in [0.3, 0.4) is 0 Å². The number of fused-ring (bicyclic) bond motifs is 1. The highest BCUT2D eigenvalue weighted by Crippen LogP contribution is 2.24. The molecule has 2 aromatic rings. The number of imidazole rings is 1. The summed E-state index contributed by atoms with van der Waals surface area (Å²) in [7, 11) is 3.55. The molecule has 0 saturated heterocycles. The Morgan fingerprint density at radius 3 is 2.77 bits per heavy atom. The summed E-state index contributed by atoms with van der Waals surface area (Å²) in [5, 5.41) is 0. The molecule has 0 N–H and O–H groups in total. The van der Waals surface area contributed by atoms with Gasteiger partial charge in [-0.2, -0.15) is 0 Å². The van der Waals surface area contributed by atoms with Crippen LogP contribution in [0.25, 0.3) is 0 Å². The Balaban J connectivity index is 1.51. The molecule has 6 nitrogen and oxygen atoms in total. The van der Waals surface area contributed by atoms with E-state index in [4.69, 9.17) is 9.72 Å². The SMILES string of the molecule is C[C@@H]1c2nc(CC(=O)N(C)C)cn2CCN1CCOCc1ccccc1. The molecule has 6 heteroatoms. The second-order valence-corrected chi connectivity index (χ2v) is 7.00. The molecule has 0 radical (unpaired) electrons. The second-order valence-electron chi connectivity index (χ2n) is 7.00. The van der Waals surface area contributed by atoms with Crippen molar-refractivity contribution in [2.45, 2.75) is 32.5 Å². The normalized spacial score (nSPS) is 17.1. The summed E-state index contributed by atoms with van der Waals surface area (Å²) in [6, 6.07) is 10.5. The lowest BCUT2D eigenvalue weighted by Gasteiger charge is -2.33. The zero-order valence-corrected chi connectivity index (χ0v) is 15.9. The lowest BCUT2D eigenvalue weighted by atomic mass is 10.2. The number of likely N-dealkylation sites (N-methyl/N-ethyl adjacent to an activating group) is 1. The van der Waals surface area contributed by atoms with Crippen LogP contribution in [-0.4, -0.2) is 59.0 Å². The molecule has 0 aliphatic carbocycles. The van der Waals surface area contributed by atoms with Crippen LogP contribution < -0.4 is 0 Å². The molecule has 3 rings (SSSR count). The molecule has 1 amide bonds. The monoisotopic (exact) mass is 356 g/mol. The molecule has 1 aromatic heterocycles. The second kappa shape index (κ2) is 8.47. The van der Waals surface area contributed by atoms with Gasteiger partial charge in [-0.1, -0.05) is 30.3 Å². The fourth-order valence-corrected chi connectivity index (χ4v) is 3.24. The van der Waals surface area contributed by atoms with Crippen LogP contribution in [-0.2, 0) is 29.1 Å². The van der Waals surface area contributed by atoms with Gasteiger partial charge < -0.3 is 14.2 Å². The summed E-state index contributed by atoms with van der Waals surface area (Å²) < 4.78 is 8.01. The van der Waals surface area contributed by atoms with Gasteiger partial charge in [0.1, 0.15) is 5.82 Å². The highest BCUT2D eigenvalue weighted by Gasteiger charge is 2.26. The summed E-state index contributed by atoms with van der Waals surface area (Å²) in [6.07, 6.45) is 2.39. The number of rotatable bonds is 7. The van der Waals surface area contributed by atoms with Gasteiger partial charge in [0.25, 0.3) is 0 Å². The maximum Gasteiger partial charge on any atom is 0.228 e. The van der Waals surface area contributed by atoms with E-state index in [1.54, 1.807) is 19.0 Å². The third-order valence-corrected chi connectivity index (χ3v) is 4.87. The van der Waals surface area contributed by atoms with Crippen molar-refractivity contribution in [2.24, 2.45) is 0 Å². The summed E-state index contributed by atoms with van der Waals surface area (Å²) >= 11 is 0. The van der Waals surface area contributed by atoms with Gasteiger partial charge in [-0.3, -0.25) is 9.69 Å². The molecule has 0 spiro atoms. The highest BCUT2D eigenvalue weighted by molar-refractivity contribution is 5.77. The van der Waals surface area contributed by atoms with Crippen LogP contribution in [0.15, 0.2) is 36.5 Å². The largest absolute Gasteiger partial charge is 0.375 e. The van der Waals surface area contributed by atoms with E-state index in [2.05, 4.69) is 28.5 Å². The lowest BCUT2D eigenvalue weighted by molar-refractivity contribution is -0.128. The molecule has 1 aliphatic heterocycles. The van der Waals surface area contributed by atoms with Gasteiger partial charge in [0, 0.05) is 39.9 Å². The quantitative estimate of drug-likeness (QED) is 0.713. The van der Waals surface area contributed by atoms with Crippen molar-refractivity contribution >= 4 is 5.91 Å². The minimum Gasteiger partial charge on any atom is -0.375 e. The fourth-order valence-electron chi connectivity index (χ4n) is 3.24. The van der Waals surface area contributed by atoms with Gasteiger partial charge in [0.2, 0.25) is 5.91 Å². The van der Waals surface area contributed by atoms with Gasteiger partial charge in [-0.15, -0.1) is 0 Å². The number of hydrogen-bond acceptors (Lipinski definition) is 4. The Morgan fingerprint density at radius 1 is 1.27 bits per heavy atom. The number of carbonyl (C=O) groups is 1. The average Bonchev–Trinajstić information content (AvgIpc) is 3.04. The third-order valence-electron chi connectivity index (χ3n) is 4.87. The first-order valence-corrected chi connectivity index (χ1v) is 9.16. The van der Waals surface area contributed by atoms with E-state index in [0.29, 0.717) is 19.6 Å². The number of benzene rings is 1. The molecular formula is C20H28N4O2. The first-order valence-electron chi connectivity index (χ1n) is 9.16. The van der Waals surface area contributed by atoms with E-state index in [9.17, 15) is 4.79 Å². The van der Waals surface area contributed by atoms with E-state index in [1.807, 2.05) is 24.4 Å². The molecular weight excluding hydrogens is 328 g/mol. The van der Waals surface area contributed by atoms with Gasteiger partial charge in [0.05, 0.1) is 31.4 Å². The van der Waals surface area contributed by atoms with E-state index in [-0.39, 0.29) is 11.9 Å². The van der Waals surface area contributed by atoms with E-state index < -0.39 is 0 Å². The first-order chi connectivity index (χ1) is 12.5.